The van der Waals surface area contributed by atoms with Gasteiger partial charge in [-0.15, -0.1) is 0 Å². The number of fused-ring (bicyclic) bond motifs is 2. The molecule has 1 aromatic rings. The third-order valence-electron chi connectivity index (χ3n) is 8.13. The monoisotopic (exact) mass is 473 g/mol. The SMILES string of the molecule is CCCCOc1cc(N2N=C3C4=C(CCC3C2C2CCCC2)CC(C(=O)OC)C=C4)ccc1C#N. The van der Waals surface area contributed by atoms with Crippen LogP contribution in [-0.2, 0) is 9.53 Å². The number of carbonyl (C=O) groups is 1. The summed E-state index contributed by atoms with van der Waals surface area (Å²) in [5.41, 5.74) is 5.29. The standard InChI is InChI=1S/C29H35N3O3/c1-3-4-15-35-26-17-23(12-9-22(26)18-30)32-28(19-7-5-6-8-19)25-14-10-20-16-21(29(33)34-2)11-13-24(20)27(25)31-32/h9,11-13,17,19,21,25,28H,3-8,10,14-16H2,1-2H3. The molecule has 3 atom stereocenters. The molecule has 3 aliphatic carbocycles. The lowest BCUT2D eigenvalue weighted by Crippen LogP contribution is -2.40. The molecule has 6 heteroatoms. The lowest BCUT2D eigenvalue weighted by molar-refractivity contribution is -0.143. The van der Waals surface area contributed by atoms with Crippen molar-refractivity contribution in [1.29, 1.82) is 5.26 Å². The Morgan fingerprint density at radius 2 is 2.09 bits per heavy atom. The number of unbranched alkanes of at least 4 members (excludes halogenated alkanes) is 1. The molecule has 184 valence electrons. The first-order valence-corrected chi connectivity index (χ1v) is 13.2. The van der Waals surface area contributed by atoms with Gasteiger partial charge in [-0.25, -0.2) is 0 Å². The van der Waals surface area contributed by atoms with Gasteiger partial charge in [0.1, 0.15) is 11.8 Å². The highest BCUT2D eigenvalue weighted by Crippen LogP contribution is 2.47. The lowest BCUT2D eigenvalue weighted by Gasteiger charge is -2.35. The molecule has 0 aromatic heterocycles. The van der Waals surface area contributed by atoms with E-state index in [4.69, 9.17) is 14.6 Å². The van der Waals surface area contributed by atoms with E-state index in [2.05, 4.69) is 24.1 Å². The molecule has 0 amide bonds. The average molecular weight is 474 g/mol. The minimum absolute atomic E-state index is 0.165. The highest BCUT2D eigenvalue weighted by molar-refractivity contribution is 6.08. The molecule has 1 fully saturated rings. The third kappa shape index (κ3) is 4.49. The van der Waals surface area contributed by atoms with Gasteiger partial charge in [0.2, 0.25) is 0 Å². The normalized spacial score (nSPS) is 25.7. The van der Waals surface area contributed by atoms with E-state index in [1.165, 1.54) is 49.7 Å². The zero-order chi connectivity index (χ0) is 24.4. The van der Waals surface area contributed by atoms with Crippen LogP contribution in [0.25, 0.3) is 0 Å². The van der Waals surface area contributed by atoms with Gasteiger partial charge >= 0.3 is 5.97 Å². The number of benzene rings is 1. The van der Waals surface area contributed by atoms with Gasteiger partial charge in [0, 0.05) is 12.0 Å². The summed E-state index contributed by atoms with van der Waals surface area (Å²) < 4.78 is 11.0. The number of nitrogens with zero attached hydrogens (tertiary/aromatic N) is 3. The van der Waals surface area contributed by atoms with Gasteiger partial charge in [-0.05, 0) is 62.1 Å². The van der Waals surface area contributed by atoms with Gasteiger partial charge < -0.3 is 9.47 Å². The van der Waals surface area contributed by atoms with Gasteiger partial charge in [0.05, 0.1) is 42.6 Å². The van der Waals surface area contributed by atoms with Crippen molar-refractivity contribution < 1.29 is 14.3 Å². The molecule has 35 heavy (non-hydrogen) atoms. The average Bonchev–Trinajstić information content (AvgIpc) is 3.55. The Morgan fingerprint density at radius 1 is 1.26 bits per heavy atom. The quantitative estimate of drug-likeness (QED) is 0.363. The number of allylic oxidation sites excluding steroid dienone is 3. The fraction of sp³-hybridized carbons (Fsp3) is 0.552. The minimum Gasteiger partial charge on any atom is -0.492 e. The van der Waals surface area contributed by atoms with Crippen LogP contribution in [0.3, 0.4) is 0 Å². The molecule has 1 heterocycles. The fourth-order valence-corrected chi connectivity index (χ4v) is 6.32. The highest BCUT2D eigenvalue weighted by Gasteiger charge is 2.46. The largest absolute Gasteiger partial charge is 0.492 e. The number of anilines is 1. The molecule has 6 nitrogen and oxygen atoms in total. The maximum absolute atomic E-state index is 12.1. The van der Waals surface area contributed by atoms with Crippen molar-refractivity contribution in [2.75, 3.05) is 18.7 Å². The van der Waals surface area contributed by atoms with Crippen LogP contribution in [0, 0.1) is 29.1 Å². The summed E-state index contributed by atoms with van der Waals surface area (Å²) in [5.74, 6) is 1.29. The summed E-state index contributed by atoms with van der Waals surface area (Å²) in [6.07, 6.45) is 14.0. The Labute approximate surface area is 208 Å². The maximum atomic E-state index is 12.1. The molecule has 1 aliphatic heterocycles. The molecule has 0 N–H and O–H groups in total. The maximum Gasteiger partial charge on any atom is 0.312 e. The molecular weight excluding hydrogens is 438 g/mol. The van der Waals surface area contributed by atoms with Crippen molar-refractivity contribution >= 4 is 17.4 Å². The van der Waals surface area contributed by atoms with E-state index in [0.717, 1.165) is 37.8 Å². The van der Waals surface area contributed by atoms with Crippen molar-refractivity contribution in [2.24, 2.45) is 22.9 Å². The van der Waals surface area contributed by atoms with Gasteiger partial charge in [0.15, 0.2) is 0 Å². The van der Waals surface area contributed by atoms with E-state index in [0.29, 0.717) is 35.8 Å². The minimum atomic E-state index is -0.194. The topological polar surface area (TPSA) is 74.9 Å². The van der Waals surface area contributed by atoms with Crippen LogP contribution in [0.2, 0.25) is 0 Å². The fourth-order valence-electron chi connectivity index (χ4n) is 6.32. The number of esters is 1. The molecule has 0 saturated heterocycles. The van der Waals surface area contributed by atoms with Crippen LogP contribution in [0.5, 0.6) is 5.75 Å². The van der Waals surface area contributed by atoms with Gasteiger partial charge in [-0.2, -0.15) is 10.4 Å². The lowest BCUT2D eigenvalue weighted by atomic mass is 9.72. The summed E-state index contributed by atoms with van der Waals surface area (Å²) in [6, 6.07) is 8.51. The highest BCUT2D eigenvalue weighted by atomic mass is 16.5. The Hall–Kier alpha value is -3.07. The van der Waals surface area contributed by atoms with Crippen LogP contribution in [0.15, 0.2) is 46.6 Å². The zero-order valence-electron chi connectivity index (χ0n) is 20.8. The number of rotatable bonds is 7. The van der Waals surface area contributed by atoms with E-state index < -0.39 is 0 Å². The molecule has 1 saturated carbocycles. The second kappa shape index (κ2) is 10.3. The van der Waals surface area contributed by atoms with Crippen molar-refractivity contribution in [3.8, 4) is 11.8 Å². The summed E-state index contributed by atoms with van der Waals surface area (Å²) in [4.78, 5) is 12.1. The summed E-state index contributed by atoms with van der Waals surface area (Å²) in [5, 5.41) is 17.1. The zero-order valence-corrected chi connectivity index (χ0v) is 20.8. The molecule has 4 aliphatic rings. The van der Waals surface area contributed by atoms with Crippen LogP contribution in [-0.4, -0.2) is 31.4 Å². The first kappa shape index (κ1) is 23.7. The van der Waals surface area contributed by atoms with E-state index in [-0.39, 0.29) is 11.9 Å². The Kier molecular flexibility index (Phi) is 6.95. The second-order valence-corrected chi connectivity index (χ2v) is 10.2. The third-order valence-corrected chi connectivity index (χ3v) is 8.13. The van der Waals surface area contributed by atoms with Crippen molar-refractivity contribution in [2.45, 2.75) is 70.8 Å². The summed E-state index contributed by atoms with van der Waals surface area (Å²) >= 11 is 0. The Bertz CT molecular complexity index is 1110. The molecule has 3 unspecified atom stereocenters. The number of methoxy groups -OCH3 is 1. The number of hydrazone groups is 1. The molecule has 0 spiro atoms. The number of nitriles is 1. The van der Waals surface area contributed by atoms with E-state index >= 15 is 0 Å². The molecule has 0 radical (unpaired) electrons. The predicted molar refractivity (Wildman–Crippen MR) is 136 cm³/mol. The van der Waals surface area contributed by atoms with Crippen molar-refractivity contribution in [3.63, 3.8) is 0 Å². The molecule has 5 rings (SSSR count). The summed E-state index contributed by atoms with van der Waals surface area (Å²) in [6.45, 7) is 2.75. The predicted octanol–water partition coefficient (Wildman–Crippen LogP) is 5.93. The Balaban J connectivity index is 1.49. The summed E-state index contributed by atoms with van der Waals surface area (Å²) in [7, 11) is 1.46. The first-order valence-electron chi connectivity index (χ1n) is 13.2. The van der Waals surface area contributed by atoms with Crippen molar-refractivity contribution in [1.82, 2.24) is 0 Å². The van der Waals surface area contributed by atoms with Crippen LogP contribution < -0.4 is 9.75 Å². The molecule has 0 bridgehead atoms. The molecular formula is C29H35N3O3. The number of hydrogen-bond donors (Lipinski definition) is 0. The van der Waals surface area contributed by atoms with E-state index in [1.807, 2.05) is 24.3 Å². The Morgan fingerprint density at radius 3 is 2.83 bits per heavy atom. The van der Waals surface area contributed by atoms with Crippen LogP contribution >= 0.6 is 0 Å². The van der Waals surface area contributed by atoms with Gasteiger partial charge in [-0.3, -0.25) is 9.80 Å². The van der Waals surface area contributed by atoms with E-state index in [1.54, 1.807) is 0 Å². The van der Waals surface area contributed by atoms with E-state index in [9.17, 15) is 10.1 Å². The first-order chi connectivity index (χ1) is 17.1. The number of ether oxygens (including phenoxy) is 2. The van der Waals surface area contributed by atoms with Gasteiger partial charge in [-0.1, -0.05) is 43.9 Å². The van der Waals surface area contributed by atoms with Crippen LogP contribution in [0.4, 0.5) is 5.69 Å². The smallest absolute Gasteiger partial charge is 0.312 e. The molecule has 1 aromatic carbocycles. The second-order valence-electron chi connectivity index (χ2n) is 10.2. The number of hydrogen-bond acceptors (Lipinski definition) is 6. The number of carbonyl (C=O) groups excluding carboxylic acids is 1. The van der Waals surface area contributed by atoms with Gasteiger partial charge in [0.25, 0.3) is 0 Å². The van der Waals surface area contributed by atoms with Crippen LogP contribution in [0.1, 0.15) is 70.3 Å². The van der Waals surface area contributed by atoms with Crippen molar-refractivity contribution in [3.05, 3.63) is 47.1 Å².